The number of alkyl halides is 2. The summed E-state index contributed by atoms with van der Waals surface area (Å²) in [4.78, 5) is 6.49. The van der Waals surface area contributed by atoms with Gasteiger partial charge in [-0.05, 0) is 24.6 Å². The maximum absolute atomic E-state index is 14.5. The molecule has 2 aromatic carbocycles. The van der Waals surface area contributed by atoms with Crippen molar-refractivity contribution in [3.05, 3.63) is 65.2 Å². The molecule has 0 unspecified atom stereocenters. The molecular weight excluding hydrogens is 334 g/mol. The first kappa shape index (κ1) is 16.6. The van der Waals surface area contributed by atoms with Gasteiger partial charge in [0.1, 0.15) is 5.82 Å². The van der Waals surface area contributed by atoms with Gasteiger partial charge in [0.05, 0.1) is 11.2 Å². The number of fused-ring (bicyclic) bond motifs is 2. The SMILES string of the molecule is Cc1ccc2nc(N3CCC(F)(F)c4ccccc4C3)cc(N=N)c2c1. The van der Waals surface area contributed by atoms with E-state index in [1.807, 2.05) is 30.0 Å². The molecule has 26 heavy (non-hydrogen) atoms. The lowest BCUT2D eigenvalue weighted by Crippen LogP contribution is -2.25. The molecule has 1 aliphatic heterocycles. The van der Waals surface area contributed by atoms with E-state index in [1.54, 1.807) is 24.3 Å². The molecular formula is C20H18F2N4. The molecule has 4 rings (SSSR count). The third-order valence-corrected chi connectivity index (χ3v) is 4.84. The predicted octanol–water partition coefficient (Wildman–Crippen LogP) is 5.71. The van der Waals surface area contributed by atoms with Crippen molar-refractivity contribution in [3.63, 3.8) is 0 Å². The lowest BCUT2D eigenvalue weighted by atomic mass is 10.0. The number of hydrogen-bond acceptors (Lipinski definition) is 4. The zero-order chi connectivity index (χ0) is 18.3. The standard InChI is InChI=1S/C20H18F2N4/c1-13-6-7-17-15(10-13)18(25-23)11-19(24-17)26-9-8-20(21,22)16-5-3-2-4-14(16)12-26/h2-7,10-11,23H,8-9,12H2,1H3. The molecule has 0 radical (unpaired) electrons. The summed E-state index contributed by atoms with van der Waals surface area (Å²) in [6.07, 6.45) is -0.273. The summed E-state index contributed by atoms with van der Waals surface area (Å²) in [7, 11) is 0. The van der Waals surface area contributed by atoms with Crippen molar-refractivity contribution >= 4 is 22.4 Å². The molecule has 0 aliphatic carbocycles. The van der Waals surface area contributed by atoms with Gasteiger partial charge in [0.25, 0.3) is 5.92 Å². The Labute approximate surface area is 150 Å². The molecule has 1 aromatic heterocycles. The second kappa shape index (κ2) is 6.12. The van der Waals surface area contributed by atoms with Crippen molar-refractivity contribution in [2.75, 3.05) is 11.4 Å². The molecule has 0 spiro atoms. The number of nitrogens with zero attached hydrogens (tertiary/aromatic N) is 3. The Morgan fingerprint density at radius 1 is 1.15 bits per heavy atom. The van der Waals surface area contributed by atoms with Crippen LogP contribution >= 0.6 is 0 Å². The highest BCUT2D eigenvalue weighted by molar-refractivity contribution is 5.92. The Balaban J connectivity index is 1.81. The van der Waals surface area contributed by atoms with E-state index in [9.17, 15) is 8.78 Å². The minimum Gasteiger partial charge on any atom is -0.352 e. The van der Waals surface area contributed by atoms with E-state index in [4.69, 9.17) is 5.53 Å². The van der Waals surface area contributed by atoms with Gasteiger partial charge < -0.3 is 4.90 Å². The summed E-state index contributed by atoms with van der Waals surface area (Å²) in [5.74, 6) is -2.29. The fourth-order valence-electron chi connectivity index (χ4n) is 3.47. The van der Waals surface area contributed by atoms with E-state index in [1.165, 1.54) is 6.07 Å². The zero-order valence-electron chi connectivity index (χ0n) is 14.3. The fourth-order valence-corrected chi connectivity index (χ4v) is 3.47. The largest absolute Gasteiger partial charge is 0.352 e. The number of aromatic nitrogens is 1. The van der Waals surface area contributed by atoms with E-state index in [2.05, 4.69) is 10.1 Å². The topological polar surface area (TPSA) is 52.3 Å². The van der Waals surface area contributed by atoms with Crippen molar-refractivity contribution in [1.82, 2.24) is 4.98 Å². The summed E-state index contributed by atoms with van der Waals surface area (Å²) in [5, 5.41) is 4.42. The van der Waals surface area contributed by atoms with Crippen LogP contribution in [0.3, 0.4) is 0 Å². The highest BCUT2D eigenvalue weighted by atomic mass is 19.3. The number of rotatable bonds is 2. The highest BCUT2D eigenvalue weighted by Gasteiger charge is 2.37. The number of hydrogen-bond donors (Lipinski definition) is 1. The molecule has 0 atom stereocenters. The van der Waals surface area contributed by atoms with Crippen molar-refractivity contribution in [1.29, 1.82) is 5.53 Å². The Morgan fingerprint density at radius 2 is 1.96 bits per heavy atom. The molecule has 132 valence electrons. The second-order valence-electron chi connectivity index (χ2n) is 6.67. The summed E-state index contributed by atoms with van der Waals surface area (Å²) in [6, 6.07) is 14.1. The van der Waals surface area contributed by atoms with Crippen LogP contribution in [-0.4, -0.2) is 11.5 Å². The summed E-state index contributed by atoms with van der Waals surface area (Å²) < 4.78 is 29.0. The van der Waals surface area contributed by atoms with Crippen molar-refractivity contribution < 1.29 is 8.78 Å². The van der Waals surface area contributed by atoms with E-state index < -0.39 is 5.92 Å². The summed E-state index contributed by atoms with van der Waals surface area (Å²) in [6.45, 7) is 2.51. The highest BCUT2D eigenvalue weighted by Crippen LogP contribution is 2.39. The third-order valence-electron chi connectivity index (χ3n) is 4.84. The van der Waals surface area contributed by atoms with Crippen molar-refractivity contribution in [3.8, 4) is 0 Å². The van der Waals surface area contributed by atoms with Crippen LogP contribution in [0, 0.1) is 12.5 Å². The quantitative estimate of drug-likeness (QED) is 0.601. The maximum Gasteiger partial charge on any atom is 0.275 e. The molecule has 0 bridgehead atoms. The fraction of sp³-hybridized carbons (Fsp3) is 0.250. The Morgan fingerprint density at radius 3 is 2.77 bits per heavy atom. The number of aryl methyl sites for hydroxylation is 1. The molecule has 0 saturated heterocycles. The Kier molecular flexibility index (Phi) is 3.90. The van der Waals surface area contributed by atoms with Crippen LogP contribution < -0.4 is 4.90 Å². The first-order valence-corrected chi connectivity index (χ1v) is 8.48. The van der Waals surface area contributed by atoms with Gasteiger partial charge in [0.2, 0.25) is 0 Å². The zero-order valence-corrected chi connectivity index (χ0v) is 14.3. The van der Waals surface area contributed by atoms with Crippen LogP contribution in [0.2, 0.25) is 0 Å². The van der Waals surface area contributed by atoms with Gasteiger partial charge in [0, 0.05) is 36.5 Å². The number of halogens is 2. The number of benzene rings is 2. The molecule has 3 aromatic rings. The van der Waals surface area contributed by atoms with Gasteiger partial charge in [-0.2, -0.15) is 5.11 Å². The lowest BCUT2D eigenvalue weighted by Gasteiger charge is -2.23. The maximum atomic E-state index is 14.5. The Hall–Kier alpha value is -2.89. The minimum absolute atomic E-state index is 0.0873. The molecule has 2 heterocycles. The van der Waals surface area contributed by atoms with Crippen LogP contribution in [0.5, 0.6) is 0 Å². The Bertz CT molecular complexity index is 1000. The molecule has 6 heteroatoms. The van der Waals surface area contributed by atoms with Gasteiger partial charge in [-0.25, -0.2) is 19.3 Å². The van der Waals surface area contributed by atoms with E-state index >= 15 is 0 Å². The number of pyridine rings is 1. The smallest absolute Gasteiger partial charge is 0.275 e. The van der Waals surface area contributed by atoms with Crippen LogP contribution in [0.1, 0.15) is 23.1 Å². The number of anilines is 1. The van der Waals surface area contributed by atoms with E-state index in [0.29, 0.717) is 29.1 Å². The first-order chi connectivity index (χ1) is 12.5. The van der Waals surface area contributed by atoms with Crippen LogP contribution in [-0.2, 0) is 12.5 Å². The summed E-state index contributed by atoms with van der Waals surface area (Å²) >= 11 is 0. The molecule has 1 aliphatic rings. The van der Waals surface area contributed by atoms with Gasteiger partial charge in [-0.15, -0.1) is 0 Å². The minimum atomic E-state index is -2.86. The normalized spacial score (nSPS) is 16.2. The average molecular weight is 352 g/mol. The summed E-state index contributed by atoms with van der Waals surface area (Å²) in [5.41, 5.74) is 10.4. The van der Waals surface area contributed by atoms with Gasteiger partial charge in [-0.3, -0.25) is 0 Å². The average Bonchev–Trinajstić information content (AvgIpc) is 2.77. The van der Waals surface area contributed by atoms with Crippen LogP contribution in [0.15, 0.2) is 53.6 Å². The lowest BCUT2D eigenvalue weighted by molar-refractivity contribution is -0.00967. The molecule has 0 amide bonds. The van der Waals surface area contributed by atoms with Gasteiger partial charge in [-0.1, -0.05) is 35.9 Å². The van der Waals surface area contributed by atoms with Crippen LogP contribution in [0.4, 0.5) is 20.3 Å². The van der Waals surface area contributed by atoms with E-state index in [0.717, 1.165) is 10.9 Å². The first-order valence-electron chi connectivity index (χ1n) is 8.48. The monoisotopic (exact) mass is 352 g/mol. The number of nitrogens with one attached hydrogen (secondary N) is 1. The van der Waals surface area contributed by atoms with Gasteiger partial charge in [0.15, 0.2) is 0 Å². The molecule has 0 fully saturated rings. The second-order valence-corrected chi connectivity index (χ2v) is 6.67. The predicted molar refractivity (Wildman–Crippen MR) is 97.3 cm³/mol. The molecule has 1 N–H and O–H groups in total. The van der Waals surface area contributed by atoms with Gasteiger partial charge >= 0.3 is 0 Å². The third kappa shape index (κ3) is 2.81. The van der Waals surface area contributed by atoms with Crippen molar-refractivity contribution in [2.45, 2.75) is 25.8 Å². The van der Waals surface area contributed by atoms with Crippen LogP contribution in [0.25, 0.3) is 10.9 Å². The molecule has 0 saturated carbocycles. The van der Waals surface area contributed by atoms with E-state index in [-0.39, 0.29) is 18.5 Å². The van der Waals surface area contributed by atoms with Crippen molar-refractivity contribution in [2.24, 2.45) is 5.11 Å². The molecule has 4 nitrogen and oxygen atoms in total.